The van der Waals surface area contributed by atoms with Crippen molar-refractivity contribution >= 4 is 39.8 Å². The van der Waals surface area contributed by atoms with E-state index in [-0.39, 0.29) is 36.0 Å². The van der Waals surface area contributed by atoms with Crippen LogP contribution in [-0.2, 0) is 24.2 Å². The van der Waals surface area contributed by atoms with Crippen molar-refractivity contribution in [3.8, 4) is 17.6 Å². The van der Waals surface area contributed by atoms with E-state index in [1.807, 2.05) is 20.9 Å². The Morgan fingerprint density at radius 3 is 2.44 bits per heavy atom. The first-order valence-electron chi connectivity index (χ1n) is 20.0. The van der Waals surface area contributed by atoms with Gasteiger partial charge in [-0.2, -0.15) is 13.2 Å². The second-order valence-electron chi connectivity index (χ2n) is 15.2. The van der Waals surface area contributed by atoms with Gasteiger partial charge in [0.15, 0.2) is 0 Å². The SMILES string of the molecule is CN1CCCCC1.CO.COc1ccc(C(=O)N(C)CCc2ccc3c(c2)N(C)C(C(C)C)C(=O)NCC3)cc1NCC#Cc1cc2c(N)cccc2n1CC(F)(F)F. The lowest BCUT2D eigenvalue weighted by Crippen LogP contribution is -2.50. The number of hydrogen-bond acceptors (Lipinski definition) is 8. The smallest absolute Gasteiger partial charge is 0.406 e. The summed E-state index contributed by atoms with van der Waals surface area (Å²) in [6.45, 7) is 6.67. The van der Waals surface area contributed by atoms with Crippen LogP contribution in [0.1, 0.15) is 60.3 Å². The Morgan fingerprint density at radius 2 is 1.80 bits per heavy atom. The molecule has 1 atom stereocenters. The predicted molar refractivity (Wildman–Crippen MR) is 231 cm³/mol. The summed E-state index contributed by atoms with van der Waals surface area (Å²) in [5.41, 5.74) is 11.2. The number of ether oxygens (including phenoxy) is 1. The lowest BCUT2D eigenvalue weighted by Gasteiger charge is -2.35. The fourth-order valence-corrected chi connectivity index (χ4v) is 7.49. The van der Waals surface area contributed by atoms with Crippen LogP contribution in [0, 0.1) is 17.8 Å². The molecule has 1 aromatic heterocycles. The van der Waals surface area contributed by atoms with Gasteiger partial charge in [0.25, 0.3) is 5.91 Å². The summed E-state index contributed by atoms with van der Waals surface area (Å²) in [4.78, 5) is 32.4. The molecule has 0 radical (unpaired) electrons. The molecule has 320 valence electrons. The number of halogens is 3. The summed E-state index contributed by atoms with van der Waals surface area (Å²) in [6.07, 6.45) is 1.20. The normalized spacial score (nSPS) is 15.6. The third kappa shape index (κ3) is 12.6. The Bertz CT molecular complexity index is 2080. The summed E-state index contributed by atoms with van der Waals surface area (Å²) >= 11 is 0. The number of benzene rings is 3. The number of carbonyl (C=O) groups excluding carboxylic acids is 2. The fourth-order valence-electron chi connectivity index (χ4n) is 7.49. The monoisotopic (exact) mass is 819 g/mol. The number of nitrogens with two attached hydrogens (primary N) is 1. The van der Waals surface area contributed by atoms with Crippen molar-refractivity contribution in [1.29, 1.82) is 0 Å². The number of alkyl halides is 3. The maximum absolute atomic E-state index is 13.5. The van der Waals surface area contributed by atoms with Crippen LogP contribution in [0.4, 0.5) is 30.2 Å². The highest BCUT2D eigenvalue weighted by atomic mass is 19.4. The van der Waals surface area contributed by atoms with E-state index in [1.165, 1.54) is 45.0 Å². The first kappa shape index (κ1) is 46.3. The average Bonchev–Trinajstić information content (AvgIpc) is 3.55. The van der Waals surface area contributed by atoms with Crippen molar-refractivity contribution in [3.63, 3.8) is 0 Å². The lowest BCUT2D eigenvalue weighted by atomic mass is 9.96. The molecule has 1 saturated heterocycles. The van der Waals surface area contributed by atoms with E-state index in [0.717, 1.165) is 29.3 Å². The number of aliphatic hydroxyl groups excluding tert-OH is 1. The van der Waals surface area contributed by atoms with E-state index < -0.39 is 12.7 Å². The second-order valence-corrected chi connectivity index (χ2v) is 15.2. The molecule has 1 unspecified atom stereocenters. The van der Waals surface area contributed by atoms with Gasteiger partial charge in [-0.15, -0.1) is 0 Å². The molecule has 14 heteroatoms. The van der Waals surface area contributed by atoms with Crippen molar-refractivity contribution in [2.75, 3.05) is 84.0 Å². The number of nitrogens with zero attached hydrogens (tertiary/aromatic N) is 4. The third-order valence-corrected chi connectivity index (χ3v) is 10.5. The molecule has 2 aliphatic rings. The molecule has 0 saturated carbocycles. The average molecular weight is 820 g/mol. The molecule has 59 heavy (non-hydrogen) atoms. The molecule has 4 aromatic rings. The number of fused-ring (bicyclic) bond motifs is 2. The van der Waals surface area contributed by atoms with E-state index in [1.54, 1.807) is 54.4 Å². The number of hydrogen-bond donors (Lipinski definition) is 4. The van der Waals surface area contributed by atoms with Gasteiger partial charge in [0.2, 0.25) is 5.91 Å². The van der Waals surface area contributed by atoms with Gasteiger partial charge in [0.1, 0.15) is 18.3 Å². The van der Waals surface area contributed by atoms with Crippen molar-refractivity contribution in [2.45, 2.75) is 64.7 Å². The Kier molecular flexibility index (Phi) is 16.9. The van der Waals surface area contributed by atoms with Crippen LogP contribution in [0.5, 0.6) is 5.75 Å². The highest BCUT2D eigenvalue weighted by Gasteiger charge is 2.31. The topological polar surface area (TPSA) is 128 Å². The number of amides is 2. The summed E-state index contributed by atoms with van der Waals surface area (Å²) in [7, 11) is 8.41. The zero-order valence-corrected chi connectivity index (χ0v) is 35.4. The van der Waals surface area contributed by atoms with Gasteiger partial charge in [-0.05, 0) is 111 Å². The van der Waals surface area contributed by atoms with E-state index in [2.05, 4.69) is 57.5 Å². The van der Waals surface area contributed by atoms with Crippen molar-refractivity contribution in [1.82, 2.24) is 19.7 Å². The number of likely N-dealkylation sites (tertiary alicyclic amines) is 1. The molecule has 5 N–H and O–H groups in total. The molecule has 11 nitrogen and oxygen atoms in total. The van der Waals surface area contributed by atoms with Gasteiger partial charge >= 0.3 is 6.18 Å². The van der Waals surface area contributed by atoms with Gasteiger partial charge in [0.05, 0.1) is 30.6 Å². The number of anilines is 3. The largest absolute Gasteiger partial charge is 0.495 e. The van der Waals surface area contributed by atoms with E-state index in [4.69, 9.17) is 15.6 Å². The Morgan fingerprint density at radius 1 is 1.07 bits per heavy atom. The van der Waals surface area contributed by atoms with Crippen LogP contribution in [0.15, 0.2) is 60.7 Å². The van der Waals surface area contributed by atoms with Crippen LogP contribution in [0.3, 0.4) is 0 Å². The highest BCUT2D eigenvalue weighted by molar-refractivity contribution is 5.95. The number of rotatable bonds is 9. The third-order valence-electron chi connectivity index (χ3n) is 10.5. The Balaban J connectivity index is 0.000000763. The van der Waals surface area contributed by atoms with Gasteiger partial charge in [-0.3, -0.25) is 9.59 Å². The van der Waals surface area contributed by atoms with Crippen LogP contribution in [-0.4, -0.2) is 112 Å². The van der Waals surface area contributed by atoms with Crippen molar-refractivity contribution in [2.24, 2.45) is 5.92 Å². The molecule has 2 amide bonds. The zero-order valence-electron chi connectivity index (χ0n) is 35.4. The van der Waals surface area contributed by atoms with Crippen LogP contribution < -0.4 is 26.0 Å². The number of nitrogens with one attached hydrogen (secondary N) is 2. The molecule has 3 aromatic carbocycles. The van der Waals surface area contributed by atoms with E-state index in [0.29, 0.717) is 53.1 Å². The van der Waals surface area contributed by atoms with Gasteiger partial charge in [-0.25, -0.2) is 0 Å². The molecule has 0 spiro atoms. The number of piperidine rings is 1. The summed E-state index contributed by atoms with van der Waals surface area (Å²) in [5.74, 6) is 6.20. The van der Waals surface area contributed by atoms with Crippen LogP contribution in [0.25, 0.3) is 10.9 Å². The number of nitrogen functional groups attached to an aromatic ring is 1. The Labute approximate surface area is 346 Å². The van der Waals surface area contributed by atoms with E-state index >= 15 is 0 Å². The number of aliphatic hydroxyl groups is 1. The predicted octanol–water partition coefficient (Wildman–Crippen LogP) is 6.42. The van der Waals surface area contributed by atoms with Gasteiger partial charge < -0.3 is 45.5 Å². The quantitative estimate of drug-likeness (QED) is 0.113. The minimum Gasteiger partial charge on any atom is -0.495 e. The second kappa shape index (κ2) is 21.6. The van der Waals surface area contributed by atoms with Crippen molar-refractivity contribution < 1.29 is 32.6 Å². The zero-order chi connectivity index (χ0) is 43.3. The van der Waals surface area contributed by atoms with Crippen LogP contribution in [0.2, 0.25) is 0 Å². The minimum atomic E-state index is -4.44. The summed E-state index contributed by atoms with van der Waals surface area (Å²) in [6, 6.07) is 17.5. The standard InChI is InChI=1S/C38H43F3N6O3.C6H13N.CH4O/c1-24(2)35-36(48)44-18-15-26-12-11-25(20-33(26)46(35)4)16-19-45(3)37(49)27-13-14-34(50-5)31(21-27)43-17-7-8-28-22-29-30(42)9-6-10-32(29)47(28)23-38(39,40)41;1-7-5-3-2-4-6-7;1-2/h6,9-14,20-22,24,35,43H,15-19,23,42H2,1-5H3,(H,44,48);2-6H2,1H3;2H,1H3. The summed E-state index contributed by atoms with van der Waals surface area (Å²) in [5, 5.41) is 13.7. The maximum Gasteiger partial charge on any atom is 0.406 e. The maximum atomic E-state index is 13.5. The molecule has 0 aliphatic carbocycles. The van der Waals surface area contributed by atoms with E-state index in [9.17, 15) is 22.8 Å². The van der Waals surface area contributed by atoms with Gasteiger partial charge in [-0.1, -0.05) is 44.4 Å². The molecule has 0 bridgehead atoms. The summed E-state index contributed by atoms with van der Waals surface area (Å²) < 4.78 is 46.8. The fraction of sp³-hybridized carbons (Fsp3) is 0.467. The van der Waals surface area contributed by atoms with Gasteiger partial charge in [0, 0.05) is 56.6 Å². The molecular weight excluding hydrogens is 760 g/mol. The molecule has 2 aliphatic heterocycles. The first-order chi connectivity index (χ1) is 28.2. The molecule has 1 fully saturated rings. The number of methoxy groups -OCH3 is 1. The molecule has 6 rings (SSSR count). The molecule has 3 heterocycles. The first-order valence-corrected chi connectivity index (χ1v) is 20.0. The Hall–Kier alpha value is -5.39. The number of carbonyl (C=O) groups is 2. The highest BCUT2D eigenvalue weighted by Crippen LogP contribution is 2.30. The van der Waals surface area contributed by atoms with Crippen molar-refractivity contribution in [3.05, 3.63) is 83.0 Å². The minimum absolute atomic E-state index is 0.0275. The van der Waals surface area contributed by atoms with Crippen LogP contribution >= 0.6 is 0 Å². The number of aromatic nitrogens is 1. The lowest BCUT2D eigenvalue weighted by molar-refractivity contribution is -0.140. The number of likely N-dealkylation sites (N-methyl/N-ethyl adjacent to an activating group) is 2. The molecular formula is C45H60F3N7O4.